The molecule has 1 atom stereocenters. The molecule has 20 heavy (non-hydrogen) atoms. The summed E-state index contributed by atoms with van der Waals surface area (Å²) in [5, 5.41) is 14.5. The maximum absolute atomic E-state index is 12.4. The minimum absolute atomic E-state index is 0.148. The van der Waals surface area contributed by atoms with E-state index in [4.69, 9.17) is 8.98 Å². The van der Waals surface area contributed by atoms with E-state index in [0.29, 0.717) is 12.2 Å². The van der Waals surface area contributed by atoms with E-state index >= 15 is 0 Å². The number of carbonyl (C=O) groups excluding carboxylic acids is 1. The van der Waals surface area contributed by atoms with Gasteiger partial charge < -0.3 is 0 Å². The summed E-state index contributed by atoms with van der Waals surface area (Å²) in [6.45, 7) is 4.71. The summed E-state index contributed by atoms with van der Waals surface area (Å²) in [7, 11) is 0. The number of nitrogens with one attached hydrogen (secondary N) is 2. The Bertz CT molecular complexity index is 494. The molecule has 0 aliphatic rings. The first-order valence-corrected chi connectivity index (χ1v) is 9.42. The quantitative estimate of drug-likeness (QED) is 0.272. The second-order valence-electron chi connectivity index (χ2n) is 4.00. The molecule has 0 saturated heterocycles. The van der Waals surface area contributed by atoms with Crippen LogP contribution in [-0.2, 0) is 16.1 Å². The third kappa shape index (κ3) is 5.11. The molecule has 0 aromatic heterocycles. The van der Waals surface area contributed by atoms with Crippen molar-refractivity contribution in [1.82, 2.24) is 5.32 Å². The molecule has 1 aromatic carbocycles. The number of carbonyl (C=O) groups is 1. The zero-order chi connectivity index (χ0) is 15.0. The van der Waals surface area contributed by atoms with Gasteiger partial charge in [-0.1, -0.05) is 0 Å². The average molecular weight is 346 g/mol. The van der Waals surface area contributed by atoms with Crippen molar-refractivity contribution < 1.29 is 21.4 Å². The molecule has 7 nitrogen and oxygen atoms in total. The number of likely N-dealkylation sites (N-methyl/N-ethyl adjacent to an activating group) is 1. The van der Waals surface area contributed by atoms with E-state index in [0.717, 1.165) is 6.54 Å². The van der Waals surface area contributed by atoms with E-state index in [1.165, 1.54) is 19.1 Å². The summed E-state index contributed by atoms with van der Waals surface area (Å²) in [5.41, 5.74) is 0.462. The Hall–Kier alpha value is -1.11. The van der Waals surface area contributed by atoms with E-state index in [2.05, 4.69) is 14.5 Å². The third-order valence-corrected chi connectivity index (χ3v) is 5.84. The topological polar surface area (TPSA) is 96.9 Å². The normalized spacial score (nSPS) is 13.8. The fraction of sp³-hybridized carbons (Fsp3) is 0.417. The van der Waals surface area contributed by atoms with Crippen LogP contribution in [0.2, 0.25) is 0 Å². The summed E-state index contributed by atoms with van der Waals surface area (Å²) >= 11 is -4.50. The molecule has 1 rings (SSSR count). The summed E-state index contributed by atoms with van der Waals surface area (Å²) in [6, 6.07) is 6.22. The average Bonchev–Trinajstić information content (AvgIpc) is 2.43. The van der Waals surface area contributed by atoms with Crippen molar-refractivity contribution in [3.8, 4) is 0 Å². The summed E-state index contributed by atoms with van der Waals surface area (Å²) in [5.74, 6) is -0.248. The number of rotatable bonds is 8. The molecular formula is C12H19AsN2O5. The van der Waals surface area contributed by atoms with Gasteiger partial charge in [-0.15, -0.1) is 0 Å². The summed E-state index contributed by atoms with van der Waals surface area (Å²) in [6.07, 6.45) is 0. The van der Waals surface area contributed by atoms with Crippen LogP contribution in [0.25, 0.3) is 0 Å². The number of anilines is 1. The molecule has 0 aliphatic carbocycles. The molecule has 0 fully saturated rings. The van der Waals surface area contributed by atoms with E-state index in [1.807, 2.05) is 6.92 Å². The van der Waals surface area contributed by atoms with E-state index in [-0.39, 0.29) is 16.9 Å². The van der Waals surface area contributed by atoms with Gasteiger partial charge in [-0.3, -0.25) is 0 Å². The number of benzene rings is 1. The third-order valence-electron chi connectivity index (χ3n) is 2.38. The van der Waals surface area contributed by atoms with Crippen LogP contribution in [0.5, 0.6) is 0 Å². The zero-order valence-electron chi connectivity index (χ0n) is 11.5. The molecule has 0 bridgehead atoms. The van der Waals surface area contributed by atoms with Gasteiger partial charge in [0.25, 0.3) is 0 Å². The molecule has 8 heteroatoms. The SMILES string of the molecule is CCNCCO[As](=O)(OO)c1cccc(NC(C)=O)c1. The van der Waals surface area contributed by atoms with Gasteiger partial charge in [-0.2, -0.15) is 0 Å². The van der Waals surface area contributed by atoms with Crippen molar-refractivity contribution in [2.45, 2.75) is 13.8 Å². The standard InChI is InChI=1S/C12H19AsN2O5/c1-3-14-7-8-19-13(17,20-18)11-5-4-6-12(9-11)15-10(2)16/h4-6,9,14,18H,3,7-8H2,1-2H3,(H,15,16). The molecular weight excluding hydrogens is 327 g/mol. The van der Waals surface area contributed by atoms with Gasteiger partial charge >= 0.3 is 120 Å². The molecule has 0 aliphatic heterocycles. The molecule has 1 aromatic rings. The first-order valence-electron chi connectivity index (χ1n) is 6.18. The molecule has 112 valence electrons. The van der Waals surface area contributed by atoms with Gasteiger partial charge in [0.2, 0.25) is 0 Å². The Kier molecular flexibility index (Phi) is 6.98. The molecule has 1 amide bonds. The second kappa shape index (κ2) is 8.24. The Balaban J connectivity index is 2.82. The second-order valence-corrected chi connectivity index (χ2v) is 8.05. The van der Waals surface area contributed by atoms with Crippen molar-refractivity contribution >= 4 is 30.1 Å². The van der Waals surface area contributed by atoms with Crippen LogP contribution >= 0.6 is 0 Å². The predicted molar refractivity (Wildman–Crippen MR) is 75.0 cm³/mol. The molecule has 0 spiro atoms. The number of amides is 1. The van der Waals surface area contributed by atoms with Gasteiger partial charge in [0.1, 0.15) is 0 Å². The monoisotopic (exact) mass is 346 g/mol. The van der Waals surface area contributed by atoms with Gasteiger partial charge in [0.05, 0.1) is 0 Å². The maximum atomic E-state index is 12.4. The Morgan fingerprint density at radius 2 is 2.20 bits per heavy atom. The van der Waals surface area contributed by atoms with Crippen LogP contribution < -0.4 is 15.0 Å². The van der Waals surface area contributed by atoms with Crippen molar-refractivity contribution in [2.75, 3.05) is 25.0 Å². The molecule has 0 heterocycles. The fourth-order valence-corrected chi connectivity index (χ4v) is 4.01. The van der Waals surface area contributed by atoms with Crippen LogP contribution in [0.3, 0.4) is 0 Å². The van der Waals surface area contributed by atoms with Crippen LogP contribution in [0.4, 0.5) is 5.69 Å². The minimum atomic E-state index is -4.50. The molecule has 0 radical (unpaired) electrons. The Morgan fingerprint density at radius 3 is 2.80 bits per heavy atom. The van der Waals surface area contributed by atoms with Crippen LogP contribution in [0.1, 0.15) is 13.8 Å². The van der Waals surface area contributed by atoms with Crippen molar-refractivity contribution in [3.63, 3.8) is 0 Å². The first-order chi connectivity index (χ1) is 9.51. The molecule has 0 saturated carbocycles. The fourth-order valence-electron chi connectivity index (χ4n) is 1.52. The van der Waals surface area contributed by atoms with Crippen LogP contribution in [0, 0.1) is 0 Å². The van der Waals surface area contributed by atoms with E-state index < -0.39 is 14.2 Å². The summed E-state index contributed by atoms with van der Waals surface area (Å²) < 4.78 is 22.0. The summed E-state index contributed by atoms with van der Waals surface area (Å²) in [4.78, 5) is 11.0. The Labute approximate surface area is 120 Å². The molecule has 1 unspecified atom stereocenters. The van der Waals surface area contributed by atoms with Crippen LogP contribution in [-0.4, -0.2) is 45.0 Å². The predicted octanol–water partition coefficient (Wildman–Crippen LogP) is 0.337. The Morgan fingerprint density at radius 1 is 1.45 bits per heavy atom. The number of hydrogen-bond acceptors (Lipinski definition) is 6. The van der Waals surface area contributed by atoms with Gasteiger partial charge in [-0.05, 0) is 0 Å². The zero-order valence-corrected chi connectivity index (χ0v) is 13.3. The van der Waals surface area contributed by atoms with Crippen molar-refractivity contribution in [1.29, 1.82) is 0 Å². The van der Waals surface area contributed by atoms with E-state index in [1.54, 1.807) is 12.1 Å². The first kappa shape index (κ1) is 16.9. The van der Waals surface area contributed by atoms with Crippen LogP contribution in [0.15, 0.2) is 24.3 Å². The number of hydrogen-bond donors (Lipinski definition) is 3. The van der Waals surface area contributed by atoms with Crippen molar-refractivity contribution in [3.05, 3.63) is 24.3 Å². The van der Waals surface area contributed by atoms with Gasteiger partial charge in [-0.25, -0.2) is 0 Å². The van der Waals surface area contributed by atoms with Gasteiger partial charge in [0.15, 0.2) is 0 Å². The van der Waals surface area contributed by atoms with Gasteiger partial charge in [0, 0.05) is 0 Å². The molecule has 3 N–H and O–H groups in total. The van der Waals surface area contributed by atoms with E-state index in [9.17, 15) is 8.53 Å². The van der Waals surface area contributed by atoms with Crippen molar-refractivity contribution in [2.24, 2.45) is 0 Å².